The third kappa shape index (κ3) is 2.16. The third-order valence-corrected chi connectivity index (χ3v) is 2.88. The second kappa shape index (κ2) is 5.16. The molecule has 0 atom stereocenters. The van der Waals surface area contributed by atoms with Crippen LogP contribution in [0.5, 0.6) is 17.4 Å². The Morgan fingerprint density at radius 2 is 1.90 bits per heavy atom. The number of carbonyl (C=O) groups excluding carboxylic acids is 1. The molecule has 1 aliphatic rings. The third-order valence-electron chi connectivity index (χ3n) is 2.88. The Balaban J connectivity index is 1.98. The second-order valence-corrected chi connectivity index (χ2v) is 4.10. The molecule has 0 amide bonds. The van der Waals surface area contributed by atoms with Gasteiger partial charge in [0.15, 0.2) is 17.2 Å². The van der Waals surface area contributed by atoms with Crippen molar-refractivity contribution in [1.82, 2.24) is 9.97 Å². The van der Waals surface area contributed by atoms with E-state index in [4.69, 9.17) is 14.2 Å². The summed E-state index contributed by atoms with van der Waals surface area (Å²) in [6, 6.07) is 5.03. The number of hydrogen-bond acceptors (Lipinski definition) is 6. The van der Waals surface area contributed by atoms with Gasteiger partial charge in [0.25, 0.3) is 0 Å². The summed E-state index contributed by atoms with van der Waals surface area (Å²) in [5.41, 5.74) is 0.625. The molecule has 0 aliphatic carbocycles. The predicted octanol–water partition coefficient (Wildman–Crippen LogP) is 1.49. The van der Waals surface area contributed by atoms with E-state index >= 15 is 0 Å². The van der Waals surface area contributed by atoms with Gasteiger partial charge in [-0.25, -0.2) is 9.97 Å². The molecule has 0 radical (unpaired) electrons. The van der Waals surface area contributed by atoms with Crippen LogP contribution in [0.1, 0.15) is 16.1 Å². The highest BCUT2D eigenvalue weighted by Crippen LogP contribution is 2.31. The summed E-state index contributed by atoms with van der Waals surface area (Å²) in [7, 11) is 1.45. The Labute approximate surface area is 115 Å². The number of ether oxygens (including phenoxy) is 3. The van der Waals surface area contributed by atoms with E-state index < -0.39 is 0 Å². The number of rotatable bonds is 3. The zero-order chi connectivity index (χ0) is 13.9. The van der Waals surface area contributed by atoms with Crippen LogP contribution < -0.4 is 14.2 Å². The van der Waals surface area contributed by atoms with Crippen molar-refractivity contribution in [1.29, 1.82) is 0 Å². The van der Waals surface area contributed by atoms with Gasteiger partial charge in [-0.15, -0.1) is 0 Å². The van der Waals surface area contributed by atoms with Gasteiger partial charge >= 0.3 is 0 Å². The molecule has 1 aliphatic heterocycles. The van der Waals surface area contributed by atoms with E-state index in [9.17, 15) is 4.79 Å². The Kier molecular flexibility index (Phi) is 3.20. The maximum Gasteiger partial charge on any atom is 0.243 e. The largest absolute Gasteiger partial charge is 0.486 e. The Bertz CT molecular complexity index is 657. The summed E-state index contributed by atoms with van der Waals surface area (Å²) in [5, 5.41) is 0. The highest BCUT2D eigenvalue weighted by molar-refractivity contribution is 6.09. The first kappa shape index (κ1) is 12.4. The average molecular weight is 272 g/mol. The molecular formula is C14H12N2O4. The van der Waals surface area contributed by atoms with Gasteiger partial charge in [-0.05, 0) is 18.2 Å². The highest BCUT2D eigenvalue weighted by Gasteiger charge is 2.20. The van der Waals surface area contributed by atoms with Crippen LogP contribution >= 0.6 is 0 Å². The zero-order valence-electron chi connectivity index (χ0n) is 10.8. The van der Waals surface area contributed by atoms with Crippen LogP contribution in [0.2, 0.25) is 0 Å². The fraction of sp³-hybridized carbons (Fsp3) is 0.214. The maximum atomic E-state index is 12.4. The fourth-order valence-electron chi connectivity index (χ4n) is 1.95. The number of ketones is 1. The van der Waals surface area contributed by atoms with Gasteiger partial charge in [0.1, 0.15) is 13.2 Å². The summed E-state index contributed by atoms with van der Waals surface area (Å²) < 4.78 is 15.9. The standard InChI is InChI=1S/C14H12N2O4/c1-18-14-12(15-4-5-16-14)13(17)9-2-3-10-11(8-9)20-7-6-19-10/h2-5,8H,6-7H2,1H3. The first-order valence-electron chi connectivity index (χ1n) is 6.09. The molecule has 2 heterocycles. The number of methoxy groups -OCH3 is 1. The maximum absolute atomic E-state index is 12.4. The predicted molar refractivity (Wildman–Crippen MR) is 69.4 cm³/mol. The van der Waals surface area contributed by atoms with Crippen molar-refractivity contribution in [2.24, 2.45) is 0 Å². The van der Waals surface area contributed by atoms with Crippen LogP contribution in [0.3, 0.4) is 0 Å². The molecule has 0 bridgehead atoms. The minimum absolute atomic E-state index is 0.173. The molecule has 6 heteroatoms. The molecule has 0 fully saturated rings. The summed E-state index contributed by atoms with van der Waals surface area (Å²) >= 11 is 0. The molecular weight excluding hydrogens is 260 g/mol. The minimum atomic E-state index is -0.271. The molecule has 102 valence electrons. The normalized spacial score (nSPS) is 12.8. The van der Waals surface area contributed by atoms with Crippen molar-refractivity contribution in [3.63, 3.8) is 0 Å². The topological polar surface area (TPSA) is 70.5 Å². The van der Waals surface area contributed by atoms with Crippen molar-refractivity contribution < 1.29 is 19.0 Å². The Morgan fingerprint density at radius 1 is 1.15 bits per heavy atom. The van der Waals surface area contributed by atoms with Crippen molar-refractivity contribution in [2.45, 2.75) is 0 Å². The van der Waals surface area contributed by atoms with E-state index in [1.54, 1.807) is 18.2 Å². The molecule has 6 nitrogen and oxygen atoms in total. The smallest absolute Gasteiger partial charge is 0.243 e. The summed E-state index contributed by atoms with van der Waals surface area (Å²) in [4.78, 5) is 20.4. The Hall–Kier alpha value is -2.63. The number of aromatic nitrogens is 2. The van der Waals surface area contributed by atoms with Crippen molar-refractivity contribution in [3.05, 3.63) is 41.9 Å². The number of carbonyl (C=O) groups is 1. The molecule has 0 saturated carbocycles. The zero-order valence-corrected chi connectivity index (χ0v) is 10.8. The van der Waals surface area contributed by atoms with Crippen LogP contribution in [-0.4, -0.2) is 36.1 Å². The van der Waals surface area contributed by atoms with Gasteiger partial charge in [0, 0.05) is 18.0 Å². The lowest BCUT2D eigenvalue weighted by Crippen LogP contribution is -2.16. The SMILES string of the molecule is COc1nccnc1C(=O)c1ccc2c(c1)OCCO2. The van der Waals surface area contributed by atoms with Crippen LogP contribution in [0.25, 0.3) is 0 Å². The van der Waals surface area contributed by atoms with Gasteiger partial charge in [0.2, 0.25) is 11.7 Å². The van der Waals surface area contributed by atoms with Crippen LogP contribution in [0, 0.1) is 0 Å². The first-order valence-corrected chi connectivity index (χ1v) is 6.09. The molecule has 2 aromatic rings. The average Bonchev–Trinajstić information content (AvgIpc) is 2.53. The van der Waals surface area contributed by atoms with E-state index in [0.717, 1.165) is 0 Å². The molecule has 1 aromatic heterocycles. The molecule has 3 rings (SSSR count). The second-order valence-electron chi connectivity index (χ2n) is 4.10. The number of fused-ring (bicyclic) bond motifs is 1. The highest BCUT2D eigenvalue weighted by atomic mass is 16.6. The molecule has 0 spiro atoms. The Morgan fingerprint density at radius 3 is 2.70 bits per heavy atom. The summed E-state index contributed by atoms with van der Waals surface area (Å²) in [5.74, 6) is 1.13. The fourth-order valence-corrected chi connectivity index (χ4v) is 1.95. The molecule has 1 aromatic carbocycles. The molecule has 0 saturated heterocycles. The lowest BCUT2D eigenvalue weighted by atomic mass is 10.1. The van der Waals surface area contributed by atoms with E-state index in [2.05, 4.69) is 9.97 Å². The molecule has 20 heavy (non-hydrogen) atoms. The van der Waals surface area contributed by atoms with Gasteiger partial charge in [-0.2, -0.15) is 0 Å². The number of hydrogen-bond donors (Lipinski definition) is 0. The summed E-state index contributed by atoms with van der Waals surface area (Å²) in [6.45, 7) is 0.984. The van der Waals surface area contributed by atoms with Crippen LogP contribution in [0.15, 0.2) is 30.6 Å². The van der Waals surface area contributed by atoms with Gasteiger partial charge in [0.05, 0.1) is 7.11 Å². The van der Waals surface area contributed by atoms with Crippen molar-refractivity contribution in [3.8, 4) is 17.4 Å². The number of nitrogens with zero attached hydrogens (tertiary/aromatic N) is 2. The van der Waals surface area contributed by atoms with Gasteiger partial charge in [-0.1, -0.05) is 0 Å². The number of benzene rings is 1. The first-order chi connectivity index (χ1) is 9.79. The molecule has 0 unspecified atom stereocenters. The van der Waals surface area contributed by atoms with Crippen LogP contribution in [0.4, 0.5) is 0 Å². The molecule has 0 N–H and O–H groups in total. The van der Waals surface area contributed by atoms with Crippen molar-refractivity contribution >= 4 is 5.78 Å². The van der Waals surface area contributed by atoms with E-state index in [1.807, 2.05) is 0 Å². The summed E-state index contributed by atoms with van der Waals surface area (Å²) in [6.07, 6.45) is 2.92. The quantitative estimate of drug-likeness (QED) is 0.788. The lowest BCUT2D eigenvalue weighted by molar-refractivity contribution is 0.102. The lowest BCUT2D eigenvalue weighted by Gasteiger charge is -2.18. The van der Waals surface area contributed by atoms with E-state index in [0.29, 0.717) is 30.3 Å². The van der Waals surface area contributed by atoms with Gasteiger partial charge in [-0.3, -0.25) is 4.79 Å². The van der Waals surface area contributed by atoms with Gasteiger partial charge < -0.3 is 14.2 Å². The van der Waals surface area contributed by atoms with Crippen LogP contribution in [-0.2, 0) is 0 Å². The monoisotopic (exact) mass is 272 g/mol. The van der Waals surface area contributed by atoms with E-state index in [1.165, 1.54) is 19.5 Å². The minimum Gasteiger partial charge on any atom is -0.486 e. The van der Waals surface area contributed by atoms with Crippen molar-refractivity contribution in [2.75, 3.05) is 20.3 Å². The van der Waals surface area contributed by atoms with E-state index in [-0.39, 0.29) is 17.4 Å².